The molecule has 2 N–H and O–H groups in total. The number of ketones is 1. The Bertz CT molecular complexity index is 1350. The first-order valence-electron chi connectivity index (χ1n) is 11.9. The summed E-state index contributed by atoms with van der Waals surface area (Å²) >= 11 is 6.30. The lowest BCUT2D eigenvalue weighted by Crippen LogP contribution is -2.24. The summed E-state index contributed by atoms with van der Waals surface area (Å²) in [7, 11) is 0. The summed E-state index contributed by atoms with van der Waals surface area (Å²) in [5, 5.41) is 19.1. The lowest BCUT2D eigenvalue weighted by atomic mass is 10.0. The van der Waals surface area contributed by atoms with Gasteiger partial charge < -0.3 is 19.7 Å². The largest absolute Gasteiger partial charge is 0.508 e. The fourth-order valence-electron chi connectivity index (χ4n) is 3.40. The van der Waals surface area contributed by atoms with Crippen molar-refractivity contribution in [3.8, 4) is 17.2 Å². The number of Topliss-reactive ketones (excluding diaryl/α,β-unsaturated/α-hetero) is 1. The van der Waals surface area contributed by atoms with Crippen LogP contribution in [-0.2, 0) is 16.0 Å². The lowest BCUT2D eigenvalue weighted by Gasteiger charge is -2.16. The van der Waals surface area contributed by atoms with E-state index in [1.807, 2.05) is 13.0 Å². The van der Waals surface area contributed by atoms with Gasteiger partial charge in [-0.1, -0.05) is 55.3 Å². The highest BCUT2D eigenvalue weighted by atomic mass is 35.5. The third kappa shape index (κ3) is 7.74. The molecule has 3 rings (SSSR count). The maximum absolute atomic E-state index is 12.9. The van der Waals surface area contributed by atoms with Gasteiger partial charge in [0, 0.05) is 29.3 Å². The standard InChI is InChI=1S/C29H28ClNO7/c1-17(2)28(35)38-27-21(15-31-24(25(34)16-32)12-19-7-9-23(33)10-8-19)13-22(30)14-26(27)37-29(36)20-6-4-5-18(3)11-20/h4-11,13-15,17,24,32-33H,12,16H2,1-3H3. The predicted molar refractivity (Wildman–Crippen MR) is 143 cm³/mol. The number of esters is 2. The van der Waals surface area contributed by atoms with Crippen LogP contribution in [0.1, 0.15) is 40.9 Å². The van der Waals surface area contributed by atoms with Gasteiger partial charge in [-0.05, 0) is 42.8 Å². The highest BCUT2D eigenvalue weighted by molar-refractivity contribution is 6.31. The van der Waals surface area contributed by atoms with Crippen LogP contribution < -0.4 is 9.47 Å². The Hall–Kier alpha value is -4.01. The second kappa shape index (κ2) is 13.0. The minimum absolute atomic E-state index is 0.0746. The molecule has 9 heteroatoms. The Labute approximate surface area is 225 Å². The van der Waals surface area contributed by atoms with Crippen LogP contribution in [0.5, 0.6) is 17.2 Å². The lowest BCUT2D eigenvalue weighted by molar-refractivity contribution is -0.137. The molecule has 38 heavy (non-hydrogen) atoms. The molecule has 1 atom stereocenters. The van der Waals surface area contributed by atoms with Gasteiger partial charge >= 0.3 is 11.9 Å². The summed E-state index contributed by atoms with van der Waals surface area (Å²) in [5.41, 5.74) is 2.05. The molecule has 8 nitrogen and oxygen atoms in total. The highest BCUT2D eigenvalue weighted by Crippen LogP contribution is 2.35. The molecule has 3 aromatic rings. The maximum atomic E-state index is 12.9. The molecule has 0 aliphatic carbocycles. The van der Waals surface area contributed by atoms with E-state index in [1.165, 1.54) is 30.5 Å². The van der Waals surface area contributed by atoms with Crippen molar-refractivity contribution in [2.75, 3.05) is 6.61 Å². The number of halogens is 1. The van der Waals surface area contributed by atoms with Crippen molar-refractivity contribution in [3.05, 3.63) is 87.9 Å². The van der Waals surface area contributed by atoms with Gasteiger partial charge in [-0.15, -0.1) is 0 Å². The third-order valence-corrected chi connectivity index (χ3v) is 5.68. The molecular weight excluding hydrogens is 510 g/mol. The number of phenolic OH excluding ortho intramolecular Hbond substituents is 1. The van der Waals surface area contributed by atoms with Crippen molar-refractivity contribution in [1.29, 1.82) is 0 Å². The predicted octanol–water partition coefficient (Wildman–Crippen LogP) is 4.73. The number of nitrogens with zero attached hydrogens (tertiary/aromatic N) is 1. The average molecular weight is 538 g/mol. The molecule has 0 saturated carbocycles. The van der Waals surface area contributed by atoms with Crippen LogP contribution in [0.25, 0.3) is 0 Å². The zero-order valence-electron chi connectivity index (χ0n) is 21.2. The van der Waals surface area contributed by atoms with Crippen molar-refractivity contribution in [2.45, 2.75) is 33.2 Å². The zero-order chi connectivity index (χ0) is 27.8. The van der Waals surface area contributed by atoms with Crippen LogP contribution >= 0.6 is 11.6 Å². The second-order valence-electron chi connectivity index (χ2n) is 8.95. The topological polar surface area (TPSA) is 122 Å². The van der Waals surface area contributed by atoms with Crippen LogP contribution in [0.15, 0.2) is 65.7 Å². The zero-order valence-corrected chi connectivity index (χ0v) is 21.9. The summed E-state index contributed by atoms with van der Waals surface area (Å²) < 4.78 is 11.2. The minimum atomic E-state index is -0.976. The van der Waals surface area contributed by atoms with E-state index in [0.717, 1.165) is 5.56 Å². The van der Waals surface area contributed by atoms with E-state index in [0.29, 0.717) is 11.1 Å². The van der Waals surface area contributed by atoms with E-state index in [2.05, 4.69) is 4.99 Å². The molecule has 0 radical (unpaired) electrons. The molecule has 0 aliphatic rings. The van der Waals surface area contributed by atoms with Crippen LogP contribution in [-0.4, -0.2) is 46.8 Å². The molecule has 0 aliphatic heterocycles. The summed E-state index contributed by atoms with van der Waals surface area (Å²) in [6.45, 7) is 4.41. The highest BCUT2D eigenvalue weighted by Gasteiger charge is 2.22. The van der Waals surface area contributed by atoms with Crippen molar-refractivity contribution < 1.29 is 34.1 Å². The number of aliphatic hydroxyl groups excluding tert-OH is 1. The molecule has 198 valence electrons. The summed E-state index contributed by atoms with van der Waals surface area (Å²) in [4.78, 5) is 42.1. The normalized spacial score (nSPS) is 11.9. The Morgan fingerprint density at radius 3 is 2.37 bits per heavy atom. The average Bonchev–Trinajstić information content (AvgIpc) is 2.88. The van der Waals surface area contributed by atoms with E-state index in [-0.39, 0.29) is 34.3 Å². The number of aliphatic imine (C=N–C) groups is 1. The number of hydrogen-bond donors (Lipinski definition) is 2. The smallest absolute Gasteiger partial charge is 0.343 e. The summed E-state index contributed by atoms with van der Waals surface area (Å²) in [5.74, 6) is -2.40. The SMILES string of the molecule is Cc1cccc(C(=O)Oc2cc(Cl)cc(C=NC(Cc3ccc(O)cc3)C(=O)CO)c2OC(=O)C(C)C)c1. The van der Waals surface area contributed by atoms with Gasteiger partial charge in [-0.2, -0.15) is 0 Å². The van der Waals surface area contributed by atoms with E-state index < -0.39 is 36.3 Å². The minimum Gasteiger partial charge on any atom is -0.508 e. The van der Waals surface area contributed by atoms with Gasteiger partial charge in [-0.25, -0.2) is 4.79 Å². The molecular formula is C29H28ClNO7. The molecule has 0 amide bonds. The first-order chi connectivity index (χ1) is 18.1. The number of benzene rings is 3. The Kier molecular flexibility index (Phi) is 9.76. The fraction of sp³-hybridized carbons (Fsp3) is 0.241. The molecule has 0 spiro atoms. The monoisotopic (exact) mass is 537 g/mol. The fourth-order valence-corrected chi connectivity index (χ4v) is 3.62. The molecule has 0 aromatic heterocycles. The number of carbonyl (C=O) groups excluding carboxylic acids is 3. The van der Waals surface area contributed by atoms with Gasteiger partial charge in [0.1, 0.15) is 18.4 Å². The van der Waals surface area contributed by atoms with Gasteiger partial charge in [0.05, 0.1) is 11.5 Å². The van der Waals surface area contributed by atoms with Crippen LogP contribution in [0, 0.1) is 12.8 Å². The van der Waals surface area contributed by atoms with Crippen LogP contribution in [0.4, 0.5) is 0 Å². The summed E-state index contributed by atoms with van der Waals surface area (Å²) in [6, 6.07) is 14.9. The van der Waals surface area contributed by atoms with Crippen molar-refractivity contribution in [2.24, 2.45) is 10.9 Å². The van der Waals surface area contributed by atoms with Gasteiger partial charge in [0.25, 0.3) is 0 Å². The number of aromatic hydroxyl groups is 1. The number of ether oxygens (including phenoxy) is 2. The first kappa shape index (κ1) is 28.6. The van der Waals surface area contributed by atoms with Crippen molar-refractivity contribution in [1.82, 2.24) is 0 Å². The number of aryl methyl sites for hydroxylation is 1. The number of hydrogen-bond acceptors (Lipinski definition) is 8. The van der Waals surface area contributed by atoms with Crippen LogP contribution in [0.3, 0.4) is 0 Å². The van der Waals surface area contributed by atoms with Gasteiger partial charge in [0.2, 0.25) is 0 Å². The van der Waals surface area contributed by atoms with Crippen molar-refractivity contribution >= 4 is 35.5 Å². The number of aliphatic hydroxyl groups is 1. The van der Waals surface area contributed by atoms with Crippen LogP contribution in [0.2, 0.25) is 5.02 Å². The second-order valence-corrected chi connectivity index (χ2v) is 9.38. The molecule has 0 heterocycles. The molecule has 0 bridgehead atoms. The molecule has 0 fully saturated rings. The Morgan fingerprint density at radius 1 is 1.03 bits per heavy atom. The first-order valence-corrected chi connectivity index (χ1v) is 12.2. The molecule has 1 unspecified atom stereocenters. The third-order valence-electron chi connectivity index (χ3n) is 5.47. The van der Waals surface area contributed by atoms with Crippen molar-refractivity contribution in [3.63, 3.8) is 0 Å². The maximum Gasteiger partial charge on any atom is 0.343 e. The molecule has 3 aromatic carbocycles. The van der Waals surface area contributed by atoms with Gasteiger partial charge in [-0.3, -0.25) is 14.6 Å². The Morgan fingerprint density at radius 2 is 1.74 bits per heavy atom. The number of rotatable bonds is 10. The number of phenols is 1. The molecule has 0 saturated heterocycles. The number of carbonyl (C=O) groups is 3. The van der Waals surface area contributed by atoms with Gasteiger partial charge in [0.15, 0.2) is 17.3 Å². The Balaban J connectivity index is 2.01. The summed E-state index contributed by atoms with van der Waals surface area (Å²) in [6.07, 6.45) is 1.44. The van der Waals surface area contributed by atoms with E-state index in [9.17, 15) is 24.6 Å². The quantitative estimate of drug-likeness (QED) is 0.218. The van der Waals surface area contributed by atoms with E-state index in [1.54, 1.807) is 44.2 Å². The van der Waals surface area contributed by atoms with E-state index in [4.69, 9.17) is 21.1 Å². The van der Waals surface area contributed by atoms with E-state index >= 15 is 0 Å².